The van der Waals surface area contributed by atoms with Gasteiger partial charge in [0.05, 0.1) is 0 Å². The zero-order valence-corrected chi connectivity index (χ0v) is 9.36. The van der Waals surface area contributed by atoms with E-state index in [4.69, 9.17) is 9.26 Å². The van der Waals surface area contributed by atoms with Gasteiger partial charge in [0.15, 0.2) is 5.82 Å². The van der Waals surface area contributed by atoms with Crippen LogP contribution < -0.4 is 5.32 Å². The smallest absolute Gasteiger partial charge is 0.225 e. The Bertz CT molecular complexity index is 356. The molecule has 1 N–H and O–H groups in total. The minimum Gasteiger partial charge on any atom is -0.381 e. The number of hydrogen-bond donors (Lipinski definition) is 1. The fourth-order valence-electron chi connectivity index (χ4n) is 1.83. The Morgan fingerprint density at radius 1 is 1.56 bits per heavy atom. The Balaban J connectivity index is 1.79. The average molecular weight is 224 g/mol. The van der Waals surface area contributed by atoms with Crippen molar-refractivity contribution in [1.82, 2.24) is 5.16 Å². The molecule has 1 aromatic heterocycles. The van der Waals surface area contributed by atoms with Gasteiger partial charge in [0.25, 0.3) is 0 Å². The third-order valence-corrected chi connectivity index (χ3v) is 2.71. The summed E-state index contributed by atoms with van der Waals surface area (Å²) in [5, 5.41) is 6.44. The van der Waals surface area contributed by atoms with E-state index in [1.807, 2.05) is 0 Å². The maximum absolute atomic E-state index is 11.7. The van der Waals surface area contributed by atoms with Crippen molar-refractivity contribution in [1.29, 1.82) is 0 Å². The van der Waals surface area contributed by atoms with Crippen LogP contribution in [0.3, 0.4) is 0 Å². The minimum absolute atomic E-state index is 0.000185. The van der Waals surface area contributed by atoms with E-state index in [0.29, 0.717) is 23.9 Å². The number of amides is 1. The lowest BCUT2D eigenvalue weighted by atomic mass is 9.96. The normalized spacial score (nSPS) is 17.3. The molecule has 2 heterocycles. The number of rotatable bonds is 3. The summed E-state index contributed by atoms with van der Waals surface area (Å²) in [6.45, 7) is 3.32. The van der Waals surface area contributed by atoms with Gasteiger partial charge in [0, 0.05) is 25.7 Å². The Kier molecular flexibility index (Phi) is 3.56. The Hall–Kier alpha value is -1.36. The fourth-order valence-corrected chi connectivity index (χ4v) is 1.83. The van der Waals surface area contributed by atoms with E-state index in [2.05, 4.69) is 10.5 Å². The van der Waals surface area contributed by atoms with Crippen molar-refractivity contribution in [3.63, 3.8) is 0 Å². The van der Waals surface area contributed by atoms with Gasteiger partial charge in [-0.25, -0.2) is 0 Å². The van der Waals surface area contributed by atoms with Gasteiger partial charge in [0.1, 0.15) is 5.76 Å². The largest absolute Gasteiger partial charge is 0.381 e. The monoisotopic (exact) mass is 224 g/mol. The van der Waals surface area contributed by atoms with Gasteiger partial charge in [0.2, 0.25) is 5.91 Å². The van der Waals surface area contributed by atoms with Crippen LogP contribution in [0.5, 0.6) is 0 Å². The van der Waals surface area contributed by atoms with Crippen LogP contribution in [0.25, 0.3) is 0 Å². The van der Waals surface area contributed by atoms with Crippen LogP contribution in [-0.4, -0.2) is 24.3 Å². The Morgan fingerprint density at radius 3 is 2.94 bits per heavy atom. The molecule has 0 radical (unpaired) electrons. The molecule has 1 aliphatic heterocycles. The molecule has 1 saturated heterocycles. The van der Waals surface area contributed by atoms with E-state index in [1.54, 1.807) is 13.0 Å². The Morgan fingerprint density at radius 2 is 2.31 bits per heavy atom. The van der Waals surface area contributed by atoms with Crippen molar-refractivity contribution in [2.75, 3.05) is 18.5 Å². The Labute approximate surface area is 94.1 Å². The molecular formula is C11H16N2O3. The number of aryl methyl sites for hydroxylation is 1. The highest BCUT2D eigenvalue weighted by atomic mass is 16.5. The van der Waals surface area contributed by atoms with E-state index in [9.17, 15) is 4.79 Å². The van der Waals surface area contributed by atoms with Gasteiger partial charge in [-0.2, -0.15) is 0 Å². The highest BCUT2D eigenvalue weighted by Gasteiger charge is 2.17. The summed E-state index contributed by atoms with van der Waals surface area (Å²) in [5.74, 6) is 1.62. The molecule has 0 spiro atoms. The highest BCUT2D eigenvalue weighted by molar-refractivity contribution is 5.89. The molecule has 1 amide bonds. The molecule has 88 valence electrons. The second kappa shape index (κ2) is 5.12. The molecule has 1 fully saturated rings. The number of anilines is 1. The SMILES string of the molecule is Cc1cc(NC(=O)CC2CCOCC2)no1. The van der Waals surface area contributed by atoms with Crippen molar-refractivity contribution in [3.05, 3.63) is 11.8 Å². The van der Waals surface area contributed by atoms with Crippen LogP contribution >= 0.6 is 0 Å². The predicted molar refractivity (Wildman–Crippen MR) is 58.0 cm³/mol. The quantitative estimate of drug-likeness (QED) is 0.849. The van der Waals surface area contributed by atoms with Crippen molar-refractivity contribution in [3.8, 4) is 0 Å². The van der Waals surface area contributed by atoms with Crippen LogP contribution in [-0.2, 0) is 9.53 Å². The average Bonchev–Trinajstić information content (AvgIpc) is 2.65. The molecule has 0 bridgehead atoms. The first-order valence-corrected chi connectivity index (χ1v) is 5.55. The second-order valence-electron chi connectivity index (χ2n) is 4.13. The summed E-state index contributed by atoms with van der Waals surface area (Å²) in [6.07, 6.45) is 2.46. The summed E-state index contributed by atoms with van der Waals surface area (Å²) in [5.41, 5.74) is 0. The van der Waals surface area contributed by atoms with E-state index in [0.717, 1.165) is 26.1 Å². The van der Waals surface area contributed by atoms with E-state index in [-0.39, 0.29) is 5.91 Å². The number of carbonyl (C=O) groups is 1. The van der Waals surface area contributed by atoms with E-state index < -0.39 is 0 Å². The molecule has 1 aromatic rings. The molecule has 1 aliphatic rings. The minimum atomic E-state index is 0.000185. The topological polar surface area (TPSA) is 64.4 Å². The van der Waals surface area contributed by atoms with Crippen LogP contribution in [0, 0.1) is 12.8 Å². The summed E-state index contributed by atoms with van der Waals surface area (Å²) in [7, 11) is 0. The molecular weight excluding hydrogens is 208 g/mol. The number of ether oxygens (including phenoxy) is 1. The predicted octanol–water partition coefficient (Wildman–Crippen LogP) is 1.74. The third kappa shape index (κ3) is 3.06. The van der Waals surface area contributed by atoms with Crippen molar-refractivity contribution in [2.45, 2.75) is 26.2 Å². The van der Waals surface area contributed by atoms with Crippen LogP contribution in [0.4, 0.5) is 5.82 Å². The summed E-state index contributed by atoms with van der Waals surface area (Å²) in [4.78, 5) is 11.7. The molecule has 5 nitrogen and oxygen atoms in total. The van der Waals surface area contributed by atoms with E-state index in [1.165, 1.54) is 0 Å². The van der Waals surface area contributed by atoms with Crippen molar-refractivity contribution < 1.29 is 14.1 Å². The third-order valence-electron chi connectivity index (χ3n) is 2.71. The summed E-state index contributed by atoms with van der Waals surface area (Å²) in [6, 6.07) is 1.71. The number of aromatic nitrogens is 1. The first-order chi connectivity index (χ1) is 7.74. The van der Waals surface area contributed by atoms with Gasteiger partial charge < -0.3 is 14.6 Å². The molecule has 0 aliphatic carbocycles. The van der Waals surface area contributed by atoms with Gasteiger partial charge in [-0.3, -0.25) is 4.79 Å². The molecule has 5 heteroatoms. The lowest BCUT2D eigenvalue weighted by Gasteiger charge is -2.20. The highest BCUT2D eigenvalue weighted by Crippen LogP contribution is 2.19. The van der Waals surface area contributed by atoms with Crippen LogP contribution in [0.1, 0.15) is 25.0 Å². The summed E-state index contributed by atoms with van der Waals surface area (Å²) >= 11 is 0. The van der Waals surface area contributed by atoms with Gasteiger partial charge in [-0.1, -0.05) is 5.16 Å². The van der Waals surface area contributed by atoms with E-state index >= 15 is 0 Å². The molecule has 0 aromatic carbocycles. The van der Waals surface area contributed by atoms with Crippen LogP contribution in [0.2, 0.25) is 0 Å². The van der Waals surface area contributed by atoms with Crippen LogP contribution in [0.15, 0.2) is 10.6 Å². The first-order valence-electron chi connectivity index (χ1n) is 5.55. The molecule has 2 rings (SSSR count). The van der Waals surface area contributed by atoms with Crippen molar-refractivity contribution in [2.24, 2.45) is 5.92 Å². The first kappa shape index (κ1) is 11.1. The summed E-state index contributed by atoms with van der Waals surface area (Å²) < 4.78 is 10.1. The second-order valence-corrected chi connectivity index (χ2v) is 4.13. The zero-order chi connectivity index (χ0) is 11.4. The van der Waals surface area contributed by atoms with Gasteiger partial charge >= 0.3 is 0 Å². The number of hydrogen-bond acceptors (Lipinski definition) is 4. The lowest BCUT2D eigenvalue weighted by Crippen LogP contribution is -2.22. The number of nitrogens with one attached hydrogen (secondary N) is 1. The van der Waals surface area contributed by atoms with Gasteiger partial charge in [-0.05, 0) is 25.7 Å². The molecule has 16 heavy (non-hydrogen) atoms. The molecule has 0 atom stereocenters. The van der Waals surface area contributed by atoms with Gasteiger partial charge in [-0.15, -0.1) is 0 Å². The number of carbonyl (C=O) groups excluding carboxylic acids is 1. The van der Waals surface area contributed by atoms with Crippen molar-refractivity contribution >= 4 is 11.7 Å². The maximum atomic E-state index is 11.7. The molecule has 0 unspecified atom stereocenters. The zero-order valence-electron chi connectivity index (χ0n) is 9.36. The molecule has 0 saturated carbocycles. The standard InChI is InChI=1S/C11H16N2O3/c1-8-6-10(13-16-8)12-11(14)7-9-2-4-15-5-3-9/h6,9H,2-5,7H2,1H3,(H,12,13,14). The number of nitrogens with zero attached hydrogens (tertiary/aromatic N) is 1. The fraction of sp³-hybridized carbons (Fsp3) is 0.636. The maximum Gasteiger partial charge on any atom is 0.225 e. The lowest BCUT2D eigenvalue weighted by molar-refractivity contribution is -0.117.